The number of aromatic nitrogens is 2. The molecule has 316 valence electrons. The first-order valence-electron chi connectivity index (χ1n) is 21.8. The van der Waals surface area contributed by atoms with Crippen molar-refractivity contribution in [2.24, 2.45) is 21.7 Å². The molecule has 1 aliphatic heterocycles. The number of unbranched alkanes of at least 4 members (excludes halogenated alkanes) is 1. The van der Waals surface area contributed by atoms with Gasteiger partial charge in [-0.1, -0.05) is 75.1 Å². The monoisotopic (exact) mass is 797 g/mol. The predicted octanol–water partition coefficient (Wildman–Crippen LogP) is 5.06. The maximum Gasteiger partial charge on any atom is 0.239 e. The van der Waals surface area contributed by atoms with Gasteiger partial charge in [-0.25, -0.2) is 4.98 Å². The van der Waals surface area contributed by atoms with Crippen LogP contribution in [0, 0.1) is 0 Å². The normalized spacial score (nSPS) is 16.2. The number of carbonyl (C=O) groups excluding carboxylic acids is 2. The fourth-order valence-corrected chi connectivity index (χ4v) is 7.66. The number of rotatable bonds is 24. The lowest BCUT2D eigenvalue weighted by molar-refractivity contribution is -0.134. The molecule has 2 aromatic carbocycles. The fraction of sp³-hybridized carbons (Fsp3) is 0.591. The second-order valence-electron chi connectivity index (χ2n) is 15.7. The number of para-hydroxylation sites is 1. The summed E-state index contributed by atoms with van der Waals surface area (Å²) in [5.74, 6) is 6.86. The highest BCUT2D eigenvalue weighted by atomic mass is 16.2. The Morgan fingerprint density at radius 3 is 2.47 bits per heavy atom. The summed E-state index contributed by atoms with van der Waals surface area (Å²) in [4.78, 5) is 44.4. The highest BCUT2D eigenvalue weighted by Gasteiger charge is 2.26. The van der Waals surface area contributed by atoms with Gasteiger partial charge in [-0.05, 0) is 88.7 Å². The van der Waals surface area contributed by atoms with E-state index in [1.165, 1.54) is 32.1 Å². The number of anilines is 2. The first-order valence-corrected chi connectivity index (χ1v) is 21.8. The second kappa shape index (κ2) is 25.0. The molecule has 0 unspecified atom stereocenters. The molecule has 2 aliphatic rings. The number of carbonyl (C=O) groups is 2. The first-order chi connectivity index (χ1) is 28.4. The van der Waals surface area contributed by atoms with Crippen molar-refractivity contribution in [1.82, 2.24) is 30.4 Å². The van der Waals surface area contributed by atoms with E-state index in [4.69, 9.17) is 21.5 Å². The van der Waals surface area contributed by atoms with Crippen LogP contribution in [-0.4, -0.2) is 114 Å². The van der Waals surface area contributed by atoms with Crippen LogP contribution in [0.25, 0.3) is 10.9 Å². The number of fused-ring (bicyclic) bond motifs is 1. The van der Waals surface area contributed by atoms with Gasteiger partial charge in [0.25, 0.3) is 0 Å². The molecule has 0 spiro atoms. The zero-order valence-electron chi connectivity index (χ0n) is 34.7. The zero-order chi connectivity index (χ0) is 40.8. The number of likely N-dealkylation sites (tertiary alicyclic amines) is 1. The molecular formula is C44H68N12O2. The number of aliphatic imine (C=N–C) groups is 1. The zero-order valence-corrected chi connectivity index (χ0v) is 34.7. The number of hydrogen-bond donors (Lipinski definition) is 6. The van der Waals surface area contributed by atoms with Gasteiger partial charge in [0.2, 0.25) is 17.8 Å². The minimum Gasteiger partial charge on any atom is -0.367 e. The highest BCUT2D eigenvalue weighted by molar-refractivity contribution is 6.32. The van der Waals surface area contributed by atoms with Crippen LogP contribution in [0.4, 0.5) is 11.8 Å². The lowest BCUT2D eigenvalue weighted by Crippen LogP contribution is -2.45. The minimum atomic E-state index is -0.710. The third-order valence-corrected chi connectivity index (χ3v) is 11.1. The Kier molecular flexibility index (Phi) is 19.1. The van der Waals surface area contributed by atoms with E-state index < -0.39 is 6.04 Å². The van der Waals surface area contributed by atoms with Gasteiger partial charge in [0, 0.05) is 62.8 Å². The molecule has 3 aromatic rings. The van der Waals surface area contributed by atoms with Crippen molar-refractivity contribution >= 4 is 46.4 Å². The molecule has 2 fully saturated rings. The van der Waals surface area contributed by atoms with Crippen LogP contribution in [0.1, 0.15) is 96.0 Å². The molecule has 2 amide bonds. The van der Waals surface area contributed by atoms with Crippen molar-refractivity contribution in [2.45, 2.75) is 115 Å². The van der Waals surface area contributed by atoms with Gasteiger partial charge >= 0.3 is 0 Å². The number of hydrogen-bond acceptors (Lipinski definition) is 12. The number of nitrogens with zero attached hydrogens (tertiary/aromatic N) is 6. The van der Waals surface area contributed by atoms with E-state index in [9.17, 15) is 9.59 Å². The Morgan fingerprint density at radius 1 is 0.931 bits per heavy atom. The Labute approximate surface area is 345 Å². The van der Waals surface area contributed by atoms with Gasteiger partial charge in [0.05, 0.1) is 23.8 Å². The van der Waals surface area contributed by atoms with Crippen LogP contribution >= 0.6 is 0 Å². The van der Waals surface area contributed by atoms with Crippen LogP contribution in [0.2, 0.25) is 0 Å². The molecular weight excluding hydrogens is 729 g/mol. The summed E-state index contributed by atoms with van der Waals surface area (Å²) < 4.78 is 0. The van der Waals surface area contributed by atoms with Crippen LogP contribution in [-0.2, 0) is 16.1 Å². The average molecular weight is 797 g/mol. The molecule has 1 saturated carbocycles. The molecule has 0 radical (unpaired) electrons. The van der Waals surface area contributed by atoms with Gasteiger partial charge < -0.3 is 42.6 Å². The van der Waals surface area contributed by atoms with Crippen molar-refractivity contribution in [2.75, 3.05) is 63.0 Å². The van der Waals surface area contributed by atoms with Crippen molar-refractivity contribution in [1.29, 1.82) is 0 Å². The van der Waals surface area contributed by atoms with Crippen molar-refractivity contribution < 1.29 is 9.59 Å². The van der Waals surface area contributed by atoms with Gasteiger partial charge in [-0.2, -0.15) is 10.1 Å². The third kappa shape index (κ3) is 14.9. The summed E-state index contributed by atoms with van der Waals surface area (Å²) in [5, 5.41) is 19.0. The molecule has 14 nitrogen and oxygen atoms in total. The average Bonchev–Trinajstić information content (AvgIpc) is 3.26. The number of benzene rings is 2. The number of hydrazone groups is 1. The summed E-state index contributed by atoms with van der Waals surface area (Å²) in [6.45, 7) is 8.57. The number of piperidine rings is 1. The molecule has 8 N–H and O–H groups in total. The lowest BCUT2D eigenvalue weighted by atomic mass is 9.95. The minimum absolute atomic E-state index is 0.0365. The molecule has 2 heterocycles. The van der Waals surface area contributed by atoms with E-state index in [1.54, 1.807) is 6.21 Å². The summed E-state index contributed by atoms with van der Waals surface area (Å²) >= 11 is 0. The number of nitrogens with one attached hydrogen (secondary N) is 4. The van der Waals surface area contributed by atoms with E-state index in [0.29, 0.717) is 57.3 Å². The summed E-state index contributed by atoms with van der Waals surface area (Å²) in [6.07, 6.45) is 14.6. The summed E-state index contributed by atoms with van der Waals surface area (Å²) in [6, 6.07) is 18.0. The van der Waals surface area contributed by atoms with Crippen LogP contribution in [0.3, 0.4) is 0 Å². The second-order valence-corrected chi connectivity index (χ2v) is 15.7. The van der Waals surface area contributed by atoms with Gasteiger partial charge in [0.1, 0.15) is 5.82 Å². The van der Waals surface area contributed by atoms with Crippen molar-refractivity contribution in [3.8, 4) is 0 Å². The molecule has 0 bridgehead atoms. The summed E-state index contributed by atoms with van der Waals surface area (Å²) in [7, 11) is 0. The Balaban J connectivity index is 1.02. The highest BCUT2D eigenvalue weighted by Crippen LogP contribution is 2.25. The van der Waals surface area contributed by atoms with Crippen molar-refractivity contribution in [3.63, 3.8) is 0 Å². The van der Waals surface area contributed by atoms with Gasteiger partial charge in [-0.3, -0.25) is 14.6 Å². The SMILES string of the molecule is CCCCN(Cc1ccccc1)C(=O)[C@@H](N)CCC(=O)N1CCC(Nc2nc(NCC(C=NCCCNCCCNC3CCCCC3)=NN)nc3ccccc23)CC1. The van der Waals surface area contributed by atoms with Gasteiger partial charge in [-0.15, -0.1) is 0 Å². The molecule has 58 heavy (non-hydrogen) atoms. The quantitative estimate of drug-likeness (QED) is 0.0309. The predicted molar refractivity (Wildman–Crippen MR) is 237 cm³/mol. The van der Waals surface area contributed by atoms with Crippen LogP contribution < -0.4 is 32.8 Å². The van der Waals surface area contributed by atoms with E-state index in [-0.39, 0.29) is 24.3 Å². The fourth-order valence-electron chi connectivity index (χ4n) is 7.66. The Morgan fingerprint density at radius 2 is 1.69 bits per heavy atom. The maximum atomic E-state index is 13.3. The Bertz CT molecular complexity index is 1720. The number of amides is 2. The number of nitrogens with two attached hydrogens (primary N) is 2. The molecule has 1 atom stereocenters. The topological polar surface area (TPSA) is 191 Å². The molecule has 5 rings (SSSR count). The Hall–Kier alpha value is -4.66. The van der Waals surface area contributed by atoms with E-state index in [2.05, 4.69) is 38.3 Å². The van der Waals surface area contributed by atoms with E-state index in [0.717, 1.165) is 86.5 Å². The van der Waals surface area contributed by atoms with Crippen LogP contribution in [0.15, 0.2) is 64.7 Å². The largest absolute Gasteiger partial charge is 0.367 e. The van der Waals surface area contributed by atoms with Gasteiger partial charge in [0.15, 0.2) is 0 Å². The molecule has 1 saturated heterocycles. The standard InChI is InChI=1S/C44H68N12O2/c1-2-3-28-56(33-34-14-6-4-7-15-34)43(58)39(45)20-21-41(57)55-29-22-36(23-30-55)51-42-38-18-10-11-19-40(38)52-44(53-42)50-32-37(54-46)31-48-26-12-24-47-25-13-27-49-35-16-8-5-9-17-35/h4,6-7,10-11,14-15,18-19,31,35-36,39,47,49H,2-3,5,8-9,12-13,16-17,20-30,32-33,45-46H2,1H3,(H2,50,51,52,53)/t39-/m0/s1. The summed E-state index contributed by atoms with van der Waals surface area (Å²) in [5.41, 5.74) is 8.88. The third-order valence-electron chi connectivity index (χ3n) is 11.1. The lowest BCUT2D eigenvalue weighted by Gasteiger charge is -2.33. The van der Waals surface area contributed by atoms with E-state index >= 15 is 0 Å². The van der Waals surface area contributed by atoms with E-state index in [1.807, 2.05) is 64.4 Å². The first kappa shape index (κ1) is 44.4. The van der Waals surface area contributed by atoms with Crippen LogP contribution in [0.5, 0.6) is 0 Å². The molecule has 1 aromatic heterocycles. The smallest absolute Gasteiger partial charge is 0.239 e. The molecule has 14 heteroatoms. The van der Waals surface area contributed by atoms with Crippen molar-refractivity contribution in [3.05, 3.63) is 60.2 Å². The maximum absolute atomic E-state index is 13.3. The molecule has 1 aliphatic carbocycles.